The minimum atomic E-state index is -1.06. The van der Waals surface area contributed by atoms with Crippen molar-refractivity contribution in [2.75, 3.05) is 20.2 Å². The van der Waals surface area contributed by atoms with Crippen molar-refractivity contribution in [3.05, 3.63) is 47.5 Å². The Labute approximate surface area is 200 Å². The fraction of sp³-hybridized carbons (Fsp3) is 0.520. The van der Waals surface area contributed by atoms with Crippen LogP contribution in [0, 0.1) is 5.92 Å². The molecule has 1 aromatic heterocycles. The standard InChI is InChI=1S/C25H35N5O4/c1-6-13-30-23(32)21-20(22(31)27-14-18-7-9-19(34-5)10-8-18)28-16-29(21)15-25(30,4)24(33)26-12-11-17(2)3/h7-10,16-17H,6,11-15H2,1-5H3,(H,26,33)(H,27,31)/t25-/m0/s1. The molecule has 2 N–H and O–H groups in total. The van der Waals surface area contributed by atoms with Crippen molar-refractivity contribution in [2.24, 2.45) is 5.92 Å². The van der Waals surface area contributed by atoms with Crippen molar-refractivity contribution >= 4 is 17.7 Å². The topological polar surface area (TPSA) is 106 Å². The van der Waals surface area contributed by atoms with E-state index in [9.17, 15) is 14.4 Å². The highest BCUT2D eigenvalue weighted by Gasteiger charge is 2.48. The molecule has 1 aromatic carbocycles. The number of fused-ring (bicyclic) bond motifs is 1. The number of carbonyl (C=O) groups excluding carboxylic acids is 3. The van der Waals surface area contributed by atoms with Gasteiger partial charge >= 0.3 is 0 Å². The molecule has 0 spiro atoms. The highest BCUT2D eigenvalue weighted by Crippen LogP contribution is 2.29. The Morgan fingerprint density at radius 2 is 1.91 bits per heavy atom. The van der Waals surface area contributed by atoms with Crippen LogP contribution in [0.15, 0.2) is 30.6 Å². The Kier molecular flexibility index (Phi) is 7.96. The number of imidazole rings is 1. The molecule has 0 unspecified atom stereocenters. The zero-order chi connectivity index (χ0) is 24.9. The predicted octanol–water partition coefficient (Wildman–Crippen LogP) is 2.61. The zero-order valence-electron chi connectivity index (χ0n) is 20.7. The molecule has 9 heteroatoms. The van der Waals surface area contributed by atoms with Crippen molar-refractivity contribution in [1.29, 1.82) is 0 Å². The summed E-state index contributed by atoms with van der Waals surface area (Å²) in [6, 6.07) is 7.36. The van der Waals surface area contributed by atoms with E-state index in [1.807, 2.05) is 31.2 Å². The molecular formula is C25H35N5O4. The first-order chi connectivity index (χ1) is 16.2. The molecule has 184 valence electrons. The molecule has 1 atom stereocenters. The first-order valence-electron chi connectivity index (χ1n) is 11.8. The van der Waals surface area contributed by atoms with Crippen LogP contribution >= 0.6 is 0 Å². The Hall–Kier alpha value is -3.36. The van der Waals surface area contributed by atoms with E-state index in [1.54, 1.807) is 23.5 Å². The summed E-state index contributed by atoms with van der Waals surface area (Å²) in [4.78, 5) is 45.4. The fourth-order valence-corrected chi connectivity index (χ4v) is 4.10. The third-order valence-electron chi connectivity index (χ3n) is 6.13. The maximum absolute atomic E-state index is 13.5. The molecule has 2 heterocycles. The van der Waals surface area contributed by atoms with Gasteiger partial charge in [-0.05, 0) is 43.4 Å². The van der Waals surface area contributed by atoms with Gasteiger partial charge in [0.05, 0.1) is 20.0 Å². The second-order valence-electron chi connectivity index (χ2n) is 9.27. The quantitative estimate of drug-likeness (QED) is 0.557. The van der Waals surface area contributed by atoms with Crippen LogP contribution in [-0.2, 0) is 17.9 Å². The van der Waals surface area contributed by atoms with Gasteiger partial charge in [0.15, 0.2) is 5.69 Å². The highest BCUT2D eigenvalue weighted by molar-refractivity contribution is 6.07. The van der Waals surface area contributed by atoms with E-state index in [0.29, 0.717) is 25.4 Å². The van der Waals surface area contributed by atoms with Gasteiger partial charge in [0.1, 0.15) is 17.0 Å². The summed E-state index contributed by atoms with van der Waals surface area (Å²) in [7, 11) is 1.60. The summed E-state index contributed by atoms with van der Waals surface area (Å²) < 4.78 is 6.78. The normalized spacial score (nSPS) is 17.5. The average molecular weight is 470 g/mol. The highest BCUT2D eigenvalue weighted by atomic mass is 16.5. The third-order valence-corrected chi connectivity index (χ3v) is 6.13. The smallest absolute Gasteiger partial charge is 0.273 e. The Morgan fingerprint density at radius 1 is 1.21 bits per heavy atom. The van der Waals surface area contributed by atoms with Crippen molar-refractivity contribution < 1.29 is 19.1 Å². The lowest BCUT2D eigenvalue weighted by atomic mass is 9.93. The molecule has 1 aliphatic rings. The number of methoxy groups -OCH3 is 1. The number of rotatable bonds is 10. The Morgan fingerprint density at radius 3 is 2.53 bits per heavy atom. The van der Waals surface area contributed by atoms with Crippen molar-refractivity contribution in [2.45, 2.75) is 59.2 Å². The van der Waals surface area contributed by atoms with Gasteiger partial charge in [0.25, 0.3) is 11.8 Å². The van der Waals surface area contributed by atoms with Crippen LogP contribution in [0.3, 0.4) is 0 Å². The first-order valence-corrected chi connectivity index (χ1v) is 11.8. The lowest BCUT2D eigenvalue weighted by Crippen LogP contribution is -2.64. The van der Waals surface area contributed by atoms with Gasteiger partial charge in [-0.25, -0.2) is 4.98 Å². The average Bonchev–Trinajstić information content (AvgIpc) is 3.24. The van der Waals surface area contributed by atoms with Gasteiger partial charge in [-0.2, -0.15) is 0 Å². The molecule has 9 nitrogen and oxygen atoms in total. The van der Waals surface area contributed by atoms with E-state index in [-0.39, 0.29) is 36.3 Å². The van der Waals surface area contributed by atoms with E-state index in [2.05, 4.69) is 29.5 Å². The Balaban J connectivity index is 1.79. The molecule has 0 fully saturated rings. The minimum absolute atomic E-state index is 0.0712. The number of nitrogens with zero attached hydrogens (tertiary/aromatic N) is 3. The largest absolute Gasteiger partial charge is 0.497 e. The second-order valence-corrected chi connectivity index (χ2v) is 9.27. The molecule has 0 saturated carbocycles. The van der Waals surface area contributed by atoms with Crippen LogP contribution in [0.2, 0.25) is 0 Å². The lowest BCUT2D eigenvalue weighted by molar-refractivity contribution is -0.132. The van der Waals surface area contributed by atoms with Crippen LogP contribution in [0.5, 0.6) is 5.75 Å². The molecule has 1 aliphatic heterocycles. The van der Waals surface area contributed by atoms with Crippen molar-refractivity contribution in [1.82, 2.24) is 25.1 Å². The lowest BCUT2D eigenvalue weighted by Gasteiger charge is -2.43. The number of aromatic nitrogens is 2. The van der Waals surface area contributed by atoms with E-state index in [1.165, 1.54) is 6.33 Å². The summed E-state index contributed by atoms with van der Waals surface area (Å²) in [6.45, 7) is 9.41. The molecular weight excluding hydrogens is 434 g/mol. The van der Waals surface area contributed by atoms with Gasteiger partial charge < -0.3 is 24.8 Å². The van der Waals surface area contributed by atoms with E-state index in [4.69, 9.17) is 4.74 Å². The van der Waals surface area contributed by atoms with E-state index < -0.39 is 11.4 Å². The number of amides is 3. The number of hydrogen-bond donors (Lipinski definition) is 2. The maximum atomic E-state index is 13.5. The summed E-state index contributed by atoms with van der Waals surface area (Å²) in [5.41, 5.74) is 0.121. The summed E-state index contributed by atoms with van der Waals surface area (Å²) in [6.07, 6.45) is 3.02. The molecule has 0 bridgehead atoms. The molecule has 0 saturated heterocycles. The molecule has 3 rings (SSSR count). The number of nitrogens with one attached hydrogen (secondary N) is 2. The SMILES string of the molecule is CCCN1C(=O)c2c(C(=O)NCc3ccc(OC)cc3)ncn2C[C@@]1(C)C(=O)NCCC(C)C. The fourth-order valence-electron chi connectivity index (χ4n) is 4.10. The molecule has 3 amide bonds. The molecule has 0 aliphatic carbocycles. The Bertz CT molecular complexity index is 1030. The van der Waals surface area contributed by atoms with E-state index in [0.717, 1.165) is 17.7 Å². The van der Waals surface area contributed by atoms with Crippen molar-refractivity contribution in [3.8, 4) is 5.75 Å². The van der Waals surface area contributed by atoms with Crippen LogP contribution in [0.25, 0.3) is 0 Å². The number of ether oxygens (including phenoxy) is 1. The van der Waals surface area contributed by atoms with Crippen LogP contribution in [-0.4, -0.2) is 57.9 Å². The molecule has 2 aromatic rings. The minimum Gasteiger partial charge on any atom is -0.497 e. The monoisotopic (exact) mass is 469 g/mol. The summed E-state index contributed by atoms with van der Waals surface area (Å²) >= 11 is 0. The zero-order valence-corrected chi connectivity index (χ0v) is 20.7. The van der Waals surface area contributed by atoms with Gasteiger partial charge in [0.2, 0.25) is 5.91 Å². The van der Waals surface area contributed by atoms with Crippen molar-refractivity contribution in [3.63, 3.8) is 0 Å². The maximum Gasteiger partial charge on any atom is 0.273 e. The van der Waals surface area contributed by atoms with Gasteiger partial charge in [-0.1, -0.05) is 32.9 Å². The van der Waals surface area contributed by atoms with E-state index >= 15 is 0 Å². The summed E-state index contributed by atoms with van der Waals surface area (Å²) in [5, 5.41) is 5.82. The number of carbonyl (C=O) groups is 3. The van der Waals surface area contributed by atoms with Crippen LogP contribution < -0.4 is 15.4 Å². The van der Waals surface area contributed by atoms with Gasteiger partial charge in [0, 0.05) is 19.6 Å². The molecule has 34 heavy (non-hydrogen) atoms. The van der Waals surface area contributed by atoms with Gasteiger partial charge in [-0.3, -0.25) is 14.4 Å². The van der Waals surface area contributed by atoms with Crippen LogP contribution in [0.4, 0.5) is 0 Å². The summed E-state index contributed by atoms with van der Waals surface area (Å²) in [5.74, 6) is 0.212. The predicted molar refractivity (Wildman–Crippen MR) is 129 cm³/mol. The third kappa shape index (κ3) is 5.24. The number of benzene rings is 1. The number of hydrogen-bond acceptors (Lipinski definition) is 5. The first kappa shape index (κ1) is 25.3. The van der Waals surface area contributed by atoms with Gasteiger partial charge in [-0.15, -0.1) is 0 Å². The second kappa shape index (κ2) is 10.7. The molecule has 0 radical (unpaired) electrons. The van der Waals surface area contributed by atoms with Crippen LogP contribution in [0.1, 0.15) is 67.1 Å².